The summed E-state index contributed by atoms with van der Waals surface area (Å²) < 4.78 is 23.4. The predicted molar refractivity (Wildman–Crippen MR) is 88.9 cm³/mol. The van der Waals surface area contributed by atoms with Gasteiger partial charge in [0.1, 0.15) is 0 Å². The van der Waals surface area contributed by atoms with Crippen LogP contribution < -0.4 is 0 Å². The maximum atomic E-state index is 11.9. The lowest BCUT2D eigenvalue weighted by Crippen LogP contribution is -2.36. The van der Waals surface area contributed by atoms with E-state index in [-0.39, 0.29) is 12.2 Å². The van der Waals surface area contributed by atoms with E-state index >= 15 is 0 Å². The lowest BCUT2D eigenvalue weighted by Gasteiger charge is -2.20. The number of carbonyl (C=O) groups excluding carboxylic acids is 1. The van der Waals surface area contributed by atoms with Crippen LogP contribution in [-0.2, 0) is 23.7 Å². The summed E-state index contributed by atoms with van der Waals surface area (Å²) >= 11 is 0. The van der Waals surface area contributed by atoms with Gasteiger partial charge in [0, 0.05) is 0 Å². The summed E-state index contributed by atoms with van der Waals surface area (Å²) in [4.78, 5) is 11.9. The Morgan fingerprint density at radius 3 is 1.87 bits per heavy atom. The number of ether oxygens (including phenoxy) is 4. The monoisotopic (exact) mass is 328 g/mol. The van der Waals surface area contributed by atoms with Crippen molar-refractivity contribution in [3.63, 3.8) is 0 Å². The zero-order chi connectivity index (χ0) is 17.2. The number of carbonyl (C=O) groups is 1. The Bertz CT molecular complexity index is 358. The van der Waals surface area contributed by atoms with Gasteiger partial charge in [0.15, 0.2) is 5.78 Å². The van der Waals surface area contributed by atoms with E-state index in [1.165, 1.54) is 6.08 Å². The van der Waals surface area contributed by atoms with Crippen LogP contribution in [0.15, 0.2) is 12.7 Å². The van der Waals surface area contributed by atoms with Crippen molar-refractivity contribution < 1.29 is 23.7 Å². The number of hydrogen-bond donors (Lipinski definition) is 0. The van der Waals surface area contributed by atoms with Crippen LogP contribution in [0.25, 0.3) is 0 Å². The van der Waals surface area contributed by atoms with Gasteiger partial charge < -0.3 is 14.2 Å². The SMILES string of the molecule is C=CC(=O)CC1(OCCCC)OC1(OCCCC)OCCCC. The van der Waals surface area contributed by atoms with E-state index in [4.69, 9.17) is 18.9 Å². The lowest BCUT2D eigenvalue weighted by atomic mass is 10.1. The average molecular weight is 328 g/mol. The molecule has 1 rings (SSSR count). The number of rotatable bonds is 15. The summed E-state index contributed by atoms with van der Waals surface area (Å²) in [6, 6.07) is 0. The first-order chi connectivity index (χ1) is 11.1. The van der Waals surface area contributed by atoms with Crippen molar-refractivity contribution in [1.82, 2.24) is 0 Å². The molecular weight excluding hydrogens is 296 g/mol. The second kappa shape index (κ2) is 10.2. The summed E-state index contributed by atoms with van der Waals surface area (Å²) in [5.41, 5.74) is 0. The minimum absolute atomic E-state index is 0.0679. The Balaban J connectivity index is 2.77. The highest BCUT2D eigenvalue weighted by molar-refractivity contribution is 5.90. The van der Waals surface area contributed by atoms with Crippen LogP contribution in [0.3, 0.4) is 0 Å². The van der Waals surface area contributed by atoms with E-state index in [2.05, 4.69) is 27.4 Å². The molecule has 0 N–H and O–H groups in total. The van der Waals surface area contributed by atoms with Gasteiger partial charge >= 0.3 is 5.97 Å². The molecule has 1 fully saturated rings. The molecule has 5 nitrogen and oxygen atoms in total. The normalized spacial score (nSPS) is 22.0. The quantitative estimate of drug-likeness (QED) is 0.197. The van der Waals surface area contributed by atoms with Crippen LogP contribution in [0.4, 0.5) is 0 Å². The number of unbranched alkanes of at least 4 members (excludes halogenated alkanes) is 3. The van der Waals surface area contributed by atoms with Crippen molar-refractivity contribution in [3.8, 4) is 0 Å². The number of allylic oxidation sites excluding steroid dienone is 1. The molecule has 1 heterocycles. The third-order valence-electron chi connectivity index (χ3n) is 3.77. The third-order valence-corrected chi connectivity index (χ3v) is 3.77. The Labute approximate surface area is 140 Å². The first-order valence-electron chi connectivity index (χ1n) is 8.87. The minimum atomic E-state index is -1.25. The van der Waals surface area contributed by atoms with Crippen LogP contribution in [-0.4, -0.2) is 37.4 Å². The van der Waals surface area contributed by atoms with Crippen LogP contribution >= 0.6 is 0 Å². The molecule has 0 aromatic heterocycles. The molecule has 5 heteroatoms. The van der Waals surface area contributed by atoms with Gasteiger partial charge in [-0.2, -0.15) is 0 Å². The third kappa shape index (κ3) is 5.68. The fraction of sp³-hybridized carbons (Fsp3) is 0.833. The maximum absolute atomic E-state index is 11.9. The minimum Gasteiger partial charge on any atom is -0.343 e. The molecule has 1 saturated heterocycles. The van der Waals surface area contributed by atoms with Gasteiger partial charge in [-0.3, -0.25) is 9.53 Å². The van der Waals surface area contributed by atoms with Gasteiger partial charge in [0.25, 0.3) is 5.79 Å². The molecule has 0 aliphatic carbocycles. The summed E-state index contributed by atoms with van der Waals surface area (Å²) in [5, 5.41) is 0. The highest BCUT2D eigenvalue weighted by Gasteiger charge is 2.76. The first kappa shape index (κ1) is 20.3. The van der Waals surface area contributed by atoms with Gasteiger partial charge in [0.2, 0.25) is 0 Å². The fourth-order valence-electron chi connectivity index (χ4n) is 2.21. The molecule has 0 radical (unpaired) electrons. The fourth-order valence-corrected chi connectivity index (χ4v) is 2.21. The number of epoxide rings is 1. The van der Waals surface area contributed by atoms with Crippen LogP contribution in [0, 0.1) is 0 Å². The zero-order valence-corrected chi connectivity index (χ0v) is 14.9. The first-order valence-corrected chi connectivity index (χ1v) is 8.87. The highest BCUT2D eigenvalue weighted by atomic mass is 17.0. The van der Waals surface area contributed by atoms with E-state index in [9.17, 15) is 4.79 Å². The smallest absolute Gasteiger partial charge is 0.343 e. The molecule has 1 atom stereocenters. The van der Waals surface area contributed by atoms with Crippen molar-refractivity contribution in [1.29, 1.82) is 0 Å². The van der Waals surface area contributed by atoms with E-state index < -0.39 is 11.8 Å². The zero-order valence-electron chi connectivity index (χ0n) is 14.9. The van der Waals surface area contributed by atoms with Crippen molar-refractivity contribution in [2.24, 2.45) is 0 Å². The maximum Gasteiger partial charge on any atom is 0.344 e. The molecule has 1 aliphatic heterocycles. The van der Waals surface area contributed by atoms with Crippen LogP contribution in [0.1, 0.15) is 65.7 Å². The molecule has 0 saturated carbocycles. The number of ketones is 1. The largest absolute Gasteiger partial charge is 0.344 e. The Hall–Kier alpha value is -0.750. The lowest BCUT2D eigenvalue weighted by molar-refractivity contribution is -0.240. The molecule has 0 spiro atoms. The molecule has 0 aromatic rings. The molecule has 1 unspecified atom stereocenters. The van der Waals surface area contributed by atoms with Crippen molar-refractivity contribution in [2.75, 3.05) is 19.8 Å². The highest BCUT2D eigenvalue weighted by Crippen LogP contribution is 2.53. The summed E-state index contributed by atoms with van der Waals surface area (Å²) in [6.07, 6.45) is 7.10. The van der Waals surface area contributed by atoms with Gasteiger partial charge in [-0.05, 0) is 25.3 Å². The number of hydrogen-bond acceptors (Lipinski definition) is 5. The summed E-state index contributed by atoms with van der Waals surface area (Å²) in [5.74, 6) is -2.51. The predicted octanol–water partition coefficient (Wildman–Crippen LogP) is 3.96. The Morgan fingerprint density at radius 1 is 0.957 bits per heavy atom. The van der Waals surface area contributed by atoms with E-state index in [0.717, 1.165) is 38.5 Å². The second-order valence-electron chi connectivity index (χ2n) is 5.86. The summed E-state index contributed by atoms with van der Waals surface area (Å²) in [7, 11) is 0. The molecule has 0 amide bonds. The molecule has 134 valence electrons. The standard InChI is InChI=1S/C18H32O5/c1-5-9-12-20-17(15-16(19)8-4)18(23-17,21-13-10-6-2)22-14-11-7-3/h8H,4-7,9-15H2,1-3H3. The van der Waals surface area contributed by atoms with Gasteiger partial charge in [-0.1, -0.05) is 46.6 Å². The second-order valence-corrected chi connectivity index (χ2v) is 5.86. The molecule has 0 bridgehead atoms. The Morgan fingerprint density at radius 2 is 1.43 bits per heavy atom. The van der Waals surface area contributed by atoms with Crippen molar-refractivity contribution in [2.45, 2.75) is 77.5 Å². The van der Waals surface area contributed by atoms with Crippen molar-refractivity contribution >= 4 is 5.78 Å². The molecular formula is C18H32O5. The van der Waals surface area contributed by atoms with E-state index in [1.807, 2.05) is 0 Å². The summed E-state index contributed by atoms with van der Waals surface area (Å²) in [6.45, 7) is 11.3. The van der Waals surface area contributed by atoms with Gasteiger partial charge in [-0.25, -0.2) is 0 Å². The topological polar surface area (TPSA) is 57.3 Å². The molecule has 23 heavy (non-hydrogen) atoms. The molecule has 0 aromatic carbocycles. The van der Waals surface area contributed by atoms with E-state index in [1.54, 1.807) is 0 Å². The average Bonchev–Trinajstić information content (AvgIpc) is 3.14. The molecule has 1 aliphatic rings. The Kier molecular flexibility index (Phi) is 8.99. The van der Waals surface area contributed by atoms with Crippen LogP contribution in [0.5, 0.6) is 0 Å². The van der Waals surface area contributed by atoms with Gasteiger partial charge in [0.05, 0.1) is 26.2 Å². The van der Waals surface area contributed by atoms with Gasteiger partial charge in [-0.15, -0.1) is 0 Å². The van der Waals surface area contributed by atoms with E-state index in [0.29, 0.717) is 19.8 Å². The van der Waals surface area contributed by atoms with Crippen LogP contribution in [0.2, 0.25) is 0 Å². The van der Waals surface area contributed by atoms with Crippen molar-refractivity contribution in [3.05, 3.63) is 12.7 Å².